The Morgan fingerprint density at radius 3 is 2.58 bits per heavy atom. The van der Waals surface area contributed by atoms with Crippen LogP contribution in [0.2, 0.25) is 5.02 Å². The summed E-state index contributed by atoms with van der Waals surface area (Å²) in [5.74, 6) is 0.326. The fraction of sp³-hybridized carbons (Fsp3) is 0.0833. The quantitative estimate of drug-likeness (QED) is 0.672. The fourth-order valence-corrected chi connectivity index (χ4v) is 1.91. The van der Waals surface area contributed by atoms with Gasteiger partial charge in [0.2, 0.25) is 5.71 Å². The first-order valence-electron chi connectivity index (χ1n) is 5.42. The number of nitrogens with zero attached hydrogens (tertiary/aromatic N) is 3. The molecule has 1 aromatic carbocycles. The molecule has 7 heteroatoms. The molecule has 6 nitrogen and oxygen atoms in total. The van der Waals surface area contributed by atoms with E-state index in [9.17, 15) is 9.59 Å². The smallest absolute Gasteiger partial charge is 0.335 e. The van der Waals surface area contributed by atoms with E-state index in [1.165, 1.54) is 17.5 Å². The molecule has 2 heterocycles. The molecule has 0 unspecified atom stereocenters. The summed E-state index contributed by atoms with van der Waals surface area (Å²) in [6.45, 7) is 0. The molecular formula is C12H8ClN3O3. The summed E-state index contributed by atoms with van der Waals surface area (Å²) in [4.78, 5) is 23.6. The van der Waals surface area contributed by atoms with Crippen molar-refractivity contribution < 1.29 is 4.52 Å². The van der Waals surface area contributed by atoms with Crippen molar-refractivity contribution in [2.75, 3.05) is 0 Å². The molecule has 0 aliphatic rings. The van der Waals surface area contributed by atoms with Gasteiger partial charge in [0, 0.05) is 17.6 Å². The Bertz CT molecular complexity index is 874. The summed E-state index contributed by atoms with van der Waals surface area (Å²) in [5.41, 5.74) is -0.167. The maximum absolute atomic E-state index is 12.1. The average molecular weight is 278 g/mol. The Morgan fingerprint density at radius 2 is 1.89 bits per heavy atom. The molecule has 0 amide bonds. The first-order valence-corrected chi connectivity index (χ1v) is 5.80. The monoisotopic (exact) mass is 277 g/mol. The molecule has 0 spiro atoms. The lowest BCUT2D eigenvalue weighted by Gasteiger charge is -2.00. The molecule has 0 fully saturated rings. The third-order valence-electron chi connectivity index (χ3n) is 2.82. The van der Waals surface area contributed by atoms with Crippen molar-refractivity contribution in [2.45, 2.75) is 0 Å². The van der Waals surface area contributed by atoms with Crippen molar-refractivity contribution in [3.8, 4) is 11.4 Å². The highest BCUT2D eigenvalue weighted by Crippen LogP contribution is 2.19. The van der Waals surface area contributed by atoms with Gasteiger partial charge in [0.05, 0.1) is 6.07 Å². The van der Waals surface area contributed by atoms with Crippen LogP contribution in [0.15, 0.2) is 44.4 Å². The second-order valence-electron chi connectivity index (χ2n) is 4.01. The van der Waals surface area contributed by atoms with Crippen LogP contribution in [0.25, 0.3) is 17.1 Å². The van der Waals surface area contributed by atoms with Crippen LogP contribution < -0.4 is 11.2 Å². The van der Waals surface area contributed by atoms with E-state index in [4.69, 9.17) is 16.1 Å². The van der Waals surface area contributed by atoms with E-state index < -0.39 is 11.2 Å². The summed E-state index contributed by atoms with van der Waals surface area (Å²) < 4.78 is 7.25. The van der Waals surface area contributed by atoms with E-state index >= 15 is 0 Å². The molecule has 0 saturated heterocycles. The Labute approximate surface area is 111 Å². The number of fused-ring (bicyclic) bond motifs is 1. The van der Waals surface area contributed by atoms with Gasteiger partial charge in [0.15, 0.2) is 5.82 Å². The lowest BCUT2D eigenvalue weighted by molar-refractivity contribution is 0.455. The number of aromatic nitrogens is 3. The van der Waals surface area contributed by atoms with E-state index in [1.54, 1.807) is 24.3 Å². The van der Waals surface area contributed by atoms with Crippen LogP contribution in [-0.2, 0) is 7.05 Å². The standard InChI is InChI=1S/C12H8ClN3O3/c1-15-9(17)6-10-16(12(15)18)11(14-19-10)7-2-4-8(13)5-3-7/h2-6H,1H3. The maximum Gasteiger partial charge on any atom is 0.339 e. The third-order valence-corrected chi connectivity index (χ3v) is 3.07. The van der Waals surface area contributed by atoms with Gasteiger partial charge in [-0.05, 0) is 24.3 Å². The highest BCUT2D eigenvalue weighted by Gasteiger charge is 2.14. The van der Waals surface area contributed by atoms with Gasteiger partial charge < -0.3 is 4.52 Å². The Balaban J connectivity index is 2.38. The molecule has 0 radical (unpaired) electrons. The number of halogens is 1. The van der Waals surface area contributed by atoms with Crippen LogP contribution in [0.4, 0.5) is 0 Å². The lowest BCUT2D eigenvalue weighted by atomic mass is 10.2. The van der Waals surface area contributed by atoms with E-state index in [0.29, 0.717) is 16.4 Å². The molecule has 0 N–H and O–H groups in total. The van der Waals surface area contributed by atoms with Gasteiger partial charge in [-0.3, -0.25) is 9.36 Å². The summed E-state index contributed by atoms with van der Waals surface area (Å²) in [5, 5.41) is 4.41. The minimum Gasteiger partial charge on any atom is -0.335 e. The van der Waals surface area contributed by atoms with Crippen molar-refractivity contribution in [1.29, 1.82) is 0 Å². The molecule has 3 rings (SSSR count). The maximum atomic E-state index is 12.1. The molecule has 19 heavy (non-hydrogen) atoms. The largest absolute Gasteiger partial charge is 0.339 e. The zero-order chi connectivity index (χ0) is 13.6. The number of hydrogen-bond acceptors (Lipinski definition) is 4. The normalized spacial score (nSPS) is 11.1. The van der Waals surface area contributed by atoms with Gasteiger partial charge in [0.25, 0.3) is 5.56 Å². The van der Waals surface area contributed by atoms with Crippen molar-refractivity contribution in [2.24, 2.45) is 7.05 Å². The van der Waals surface area contributed by atoms with Crippen molar-refractivity contribution >= 4 is 17.3 Å². The Kier molecular flexibility index (Phi) is 2.53. The van der Waals surface area contributed by atoms with Gasteiger partial charge in [-0.2, -0.15) is 0 Å². The number of benzene rings is 1. The van der Waals surface area contributed by atoms with E-state index in [1.807, 2.05) is 0 Å². The van der Waals surface area contributed by atoms with E-state index in [2.05, 4.69) is 5.16 Å². The van der Waals surface area contributed by atoms with Gasteiger partial charge in [-0.15, -0.1) is 0 Å². The summed E-state index contributed by atoms with van der Waals surface area (Å²) in [7, 11) is 1.40. The molecule has 0 aliphatic heterocycles. The van der Waals surface area contributed by atoms with Crippen LogP contribution in [0.1, 0.15) is 0 Å². The molecule has 0 saturated carbocycles. The number of rotatable bonds is 1. The Hall–Kier alpha value is -2.34. The van der Waals surface area contributed by atoms with Gasteiger partial charge in [-0.1, -0.05) is 16.8 Å². The van der Waals surface area contributed by atoms with Crippen LogP contribution in [0.3, 0.4) is 0 Å². The summed E-state index contributed by atoms with van der Waals surface area (Å²) in [6.07, 6.45) is 0. The summed E-state index contributed by atoms with van der Waals surface area (Å²) >= 11 is 5.81. The zero-order valence-corrected chi connectivity index (χ0v) is 10.6. The van der Waals surface area contributed by atoms with E-state index in [0.717, 1.165) is 4.57 Å². The predicted molar refractivity (Wildman–Crippen MR) is 69.4 cm³/mol. The minimum absolute atomic E-state index is 0.109. The molecule has 0 aliphatic carbocycles. The molecule has 96 valence electrons. The third kappa shape index (κ3) is 1.77. The topological polar surface area (TPSA) is 69.5 Å². The van der Waals surface area contributed by atoms with Crippen LogP contribution in [0.5, 0.6) is 0 Å². The van der Waals surface area contributed by atoms with Gasteiger partial charge in [0.1, 0.15) is 0 Å². The van der Waals surface area contributed by atoms with Crippen molar-refractivity contribution in [3.63, 3.8) is 0 Å². The van der Waals surface area contributed by atoms with Crippen LogP contribution >= 0.6 is 11.6 Å². The minimum atomic E-state index is -0.506. The van der Waals surface area contributed by atoms with Gasteiger partial charge >= 0.3 is 5.69 Å². The van der Waals surface area contributed by atoms with Crippen molar-refractivity contribution in [1.82, 2.24) is 14.1 Å². The molecule has 2 aromatic heterocycles. The SMILES string of the molecule is Cn1c(=O)cc2onc(-c3ccc(Cl)cc3)n2c1=O. The number of hydrogen-bond donors (Lipinski definition) is 0. The van der Waals surface area contributed by atoms with Gasteiger partial charge in [-0.25, -0.2) is 9.20 Å². The highest BCUT2D eigenvalue weighted by atomic mass is 35.5. The Morgan fingerprint density at radius 1 is 1.21 bits per heavy atom. The molecule has 0 atom stereocenters. The lowest BCUT2D eigenvalue weighted by Crippen LogP contribution is -2.34. The average Bonchev–Trinajstić information content (AvgIpc) is 2.81. The molecule has 3 aromatic rings. The van der Waals surface area contributed by atoms with Crippen molar-refractivity contribution in [3.05, 3.63) is 56.2 Å². The highest BCUT2D eigenvalue weighted by molar-refractivity contribution is 6.30. The first kappa shape index (κ1) is 11.7. The molecule has 0 bridgehead atoms. The summed E-state index contributed by atoms with van der Waals surface area (Å²) in [6, 6.07) is 8.02. The van der Waals surface area contributed by atoms with Crippen LogP contribution in [-0.4, -0.2) is 14.1 Å². The first-order chi connectivity index (χ1) is 9.08. The van der Waals surface area contributed by atoms with E-state index in [-0.39, 0.29) is 5.71 Å². The second-order valence-corrected chi connectivity index (χ2v) is 4.45. The predicted octanol–water partition coefficient (Wildman–Crippen LogP) is 1.31. The fourth-order valence-electron chi connectivity index (χ4n) is 1.78. The van der Waals surface area contributed by atoms with Crippen LogP contribution in [0, 0.1) is 0 Å². The zero-order valence-electron chi connectivity index (χ0n) is 9.83. The molecular weight excluding hydrogens is 270 g/mol. The second kappa shape index (κ2) is 4.10.